The topological polar surface area (TPSA) is 128 Å². The third kappa shape index (κ3) is 5.10. The fourth-order valence-electron chi connectivity index (χ4n) is 1.96. The molecule has 2 aromatic rings. The van der Waals surface area contributed by atoms with Gasteiger partial charge in [-0.15, -0.1) is 0 Å². The van der Waals surface area contributed by atoms with E-state index in [0.29, 0.717) is 11.3 Å². The standard InChI is InChI=1S/C16H17N3O5S/c1-2-14(24-16(21)11-7-9-18-10-8-11)15(20)19-12-3-5-13(6-4-12)25(17,22)23/h3-10,14H,2H2,1H3,(H,19,20)(H2,17,22,23). The summed E-state index contributed by atoms with van der Waals surface area (Å²) < 4.78 is 27.6. The Bertz CT molecular complexity index is 851. The van der Waals surface area contributed by atoms with Gasteiger partial charge in [-0.1, -0.05) is 6.92 Å². The van der Waals surface area contributed by atoms with Crippen molar-refractivity contribution < 1.29 is 22.7 Å². The molecule has 0 bridgehead atoms. The van der Waals surface area contributed by atoms with Crippen molar-refractivity contribution in [3.8, 4) is 0 Å². The normalized spacial score (nSPS) is 12.2. The van der Waals surface area contributed by atoms with Crippen LogP contribution in [0, 0.1) is 0 Å². The van der Waals surface area contributed by atoms with Gasteiger partial charge in [-0.2, -0.15) is 0 Å². The third-order valence-electron chi connectivity index (χ3n) is 3.28. The second-order valence-electron chi connectivity index (χ2n) is 5.10. The number of hydrogen-bond acceptors (Lipinski definition) is 6. The Balaban J connectivity index is 2.03. The first-order valence-electron chi connectivity index (χ1n) is 7.36. The molecular formula is C16H17N3O5S. The summed E-state index contributed by atoms with van der Waals surface area (Å²) in [6.07, 6.45) is 2.19. The van der Waals surface area contributed by atoms with E-state index in [0.717, 1.165) is 0 Å². The van der Waals surface area contributed by atoms with E-state index < -0.39 is 28.0 Å². The summed E-state index contributed by atoms with van der Waals surface area (Å²) in [7, 11) is -3.80. The lowest BCUT2D eigenvalue weighted by Gasteiger charge is -2.16. The number of carbonyl (C=O) groups is 2. The molecule has 0 fully saturated rings. The first kappa shape index (κ1) is 18.6. The number of amides is 1. The van der Waals surface area contributed by atoms with E-state index in [-0.39, 0.29) is 11.3 Å². The number of carbonyl (C=O) groups excluding carboxylic acids is 2. The molecule has 0 aliphatic rings. The van der Waals surface area contributed by atoms with Crippen molar-refractivity contribution in [2.24, 2.45) is 5.14 Å². The molecule has 0 saturated heterocycles. The SMILES string of the molecule is CCC(OC(=O)c1ccncc1)C(=O)Nc1ccc(S(N)(=O)=O)cc1. The van der Waals surface area contributed by atoms with Gasteiger partial charge in [0.15, 0.2) is 6.10 Å². The Labute approximate surface area is 145 Å². The molecule has 0 spiro atoms. The molecule has 1 unspecified atom stereocenters. The summed E-state index contributed by atoms with van der Waals surface area (Å²) in [5, 5.41) is 7.58. The smallest absolute Gasteiger partial charge is 0.339 e. The molecule has 0 radical (unpaired) electrons. The number of rotatable bonds is 6. The van der Waals surface area contributed by atoms with Crippen molar-refractivity contribution in [3.05, 3.63) is 54.4 Å². The number of primary sulfonamides is 1. The molecule has 132 valence electrons. The number of benzene rings is 1. The third-order valence-corrected chi connectivity index (χ3v) is 4.21. The quantitative estimate of drug-likeness (QED) is 0.745. The van der Waals surface area contributed by atoms with E-state index in [9.17, 15) is 18.0 Å². The molecule has 0 aliphatic carbocycles. The number of ether oxygens (including phenoxy) is 1. The Morgan fingerprint density at radius 1 is 1.16 bits per heavy atom. The van der Waals surface area contributed by atoms with E-state index >= 15 is 0 Å². The summed E-state index contributed by atoms with van der Waals surface area (Å²) in [6.45, 7) is 1.70. The Morgan fingerprint density at radius 2 is 1.76 bits per heavy atom. The number of pyridine rings is 1. The van der Waals surface area contributed by atoms with Gasteiger partial charge >= 0.3 is 5.97 Å². The average molecular weight is 363 g/mol. The van der Waals surface area contributed by atoms with Gasteiger partial charge in [0.1, 0.15) is 0 Å². The zero-order valence-electron chi connectivity index (χ0n) is 13.4. The summed E-state index contributed by atoms with van der Waals surface area (Å²) in [5.41, 5.74) is 0.648. The first-order chi connectivity index (χ1) is 11.8. The van der Waals surface area contributed by atoms with Crippen LogP contribution in [-0.2, 0) is 19.6 Å². The lowest BCUT2D eigenvalue weighted by atomic mass is 10.2. The van der Waals surface area contributed by atoms with Crippen LogP contribution in [0.4, 0.5) is 5.69 Å². The lowest BCUT2D eigenvalue weighted by Crippen LogP contribution is -2.32. The van der Waals surface area contributed by atoms with Crippen LogP contribution in [0.1, 0.15) is 23.7 Å². The molecule has 1 aromatic heterocycles. The molecular weight excluding hydrogens is 346 g/mol. The minimum Gasteiger partial charge on any atom is -0.449 e. The Hall–Kier alpha value is -2.78. The zero-order valence-corrected chi connectivity index (χ0v) is 14.2. The van der Waals surface area contributed by atoms with E-state index in [2.05, 4.69) is 10.3 Å². The highest BCUT2D eigenvalue weighted by atomic mass is 32.2. The molecule has 9 heteroatoms. The number of anilines is 1. The molecule has 0 aliphatic heterocycles. The zero-order chi connectivity index (χ0) is 18.4. The van der Waals surface area contributed by atoms with Crippen molar-refractivity contribution in [2.45, 2.75) is 24.3 Å². The summed E-state index contributed by atoms with van der Waals surface area (Å²) in [4.78, 5) is 28.0. The maximum atomic E-state index is 12.2. The van der Waals surface area contributed by atoms with Gasteiger partial charge in [-0.3, -0.25) is 9.78 Å². The highest BCUT2D eigenvalue weighted by Crippen LogP contribution is 2.14. The summed E-state index contributed by atoms with van der Waals surface area (Å²) >= 11 is 0. The fourth-order valence-corrected chi connectivity index (χ4v) is 2.47. The van der Waals surface area contributed by atoms with Gasteiger partial charge in [0, 0.05) is 18.1 Å². The number of sulfonamides is 1. The van der Waals surface area contributed by atoms with Gasteiger partial charge in [0.2, 0.25) is 10.0 Å². The number of esters is 1. The molecule has 1 aromatic carbocycles. The van der Waals surface area contributed by atoms with Crippen molar-refractivity contribution >= 4 is 27.6 Å². The van der Waals surface area contributed by atoms with Crippen molar-refractivity contribution in [2.75, 3.05) is 5.32 Å². The maximum absolute atomic E-state index is 12.2. The number of nitrogens with two attached hydrogens (primary N) is 1. The van der Waals surface area contributed by atoms with Crippen molar-refractivity contribution in [1.82, 2.24) is 4.98 Å². The number of hydrogen-bond donors (Lipinski definition) is 2. The molecule has 2 rings (SSSR count). The van der Waals surface area contributed by atoms with Crippen LogP contribution in [0.5, 0.6) is 0 Å². The van der Waals surface area contributed by atoms with Crippen LogP contribution in [0.25, 0.3) is 0 Å². The summed E-state index contributed by atoms with van der Waals surface area (Å²) in [5.74, 6) is -1.15. The molecule has 1 atom stereocenters. The average Bonchev–Trinajstić information content (AvgIpc) is 2.59. The van der Waals surface area contributed by atoms with Crippen LogP contribution in [0.3, 0.4) is 0 Å². The van der Waals surface area contributed by atoms with Gasteiger partial charge in [0.05, 0.1) is 10.5 Å². The van der Waals surface area contributed by atoms with Crippen LogP contribution in [0.15, 0.2) is 53.7 Å². The minimum absolute atomic E-state index is 0.0679. The number of nitrogens with one attached hydrogen (secondary N) is 1. The summed E-state index contributed by atoms with van der Waals surface area (Å²) in [6, 6.07) is 8.31. The largest absolute Gasteiger partial charge is 0.449 e. The Kier molecular flexibility index (Phi) is 5.84. The van der Waals surface area contributed by atoms with Crippen LogP contribution in [-0.4, -0.2) is 31.4 Å². The van der Waals surface area contributed by atoms with Gasteiger partial charge in [0.25, 0.3) is 5.91 Å². The lowest BCUT2D eigenvalue weighted by molar-refractivity contribution is -0.124. The van der Waals surface area contributed by atoms with E-state index in [4.69, 9.17) is 9.88 Å². The highest BCUT2D eigenvalue weighted by Gasteiger charge is 2.22. The first-order valence-corrected chi connectivity index (χ1v) is 8.90. The minimum atomic E-state index is -3.80. The maximum Gasteiger partial charge on any atom is 0.339 e. The monoisotopic (exact) mass is 363 g/mol. The molecule has 25 heavy (non-hydrogen) atoms. The van der Waals surface area contributed by atoms with Gasteiger partial charge < -0.3 is 10.1 Å². The molecule has 1 heterocycles. The fraction of sp³-hybridized carbons (Fsp3) is 0.188. The number of nitrogens with zero attached hydrogens (tertiary/aromatic N) is 1. The number of aromatic nitrogens is 1. The molecule has 1 amide bonds. The van der Waals surface area contributed by atoms with Crippen LogP contribution in [0.2, 0.25) is 0 Å². The van der Waals surface area contributed by atoms with Crippen LogP contribution >= 0.6 is 0 Å². The van der Waals surface area contributed by atoms with Gasteiger partial charge in [-0.05, 0) is 42.8 Å². The van der Waals surface area contributed by atoms with E-state index in [1.165, 1.54) is 48.8 Å². The Morgan fingerprint density at radius 3 is 2.28 bits per heavy atom. The predicted octanol–water partition coefficient (Wildman–Crippen LogP) is 1.30. The van der Waals surface area contributed by atoms with Crippen molar-refractivity contribution in [1.29, 1.82) is 0 Å². The highest BCUT2D eigenvalue weighted by molar-refractivity contribution is 7.89. The molecule has 8 nitrogen and oxygen atoms in total. The second-order valence-corrected chi connectivity index (χ2v) is 6.66. The van der Waals surface area contributed by atoms with Crippen molar-refractivity contribution in [3.63, 3.8) is 0 Å². The molecule has 3 N–H and O–H groups in total. The van der Waals surface area contributed by atoms with E-state index in [1.807, 2.05) is 0 Å². The molecule has 0 saturated carbocycles. The van der Waals surface area contributed by atoms with E-state index in [1.54, 1.807) is 6.92 Å². The second kappa shape index (κ2) is 7.86. The van der Waals surface area contributed by atoms with Crippen LogP contribution < -0.4 is 10.5 Å². The predicted molar refractivity (Wildman–Crippen MR) is 90.2 cm³/mol. The van der Waals surface area contributed by atoms with Gasteiger partial charge in [-0.25, -0.2) is 18.4 Å².